The average Bonchev–Trinajstić information content (AvgIpc) is 3.40. The normalized spacial score (nSPS) is 24.0. The number of anilines is 1. The molecule has 4 nitrogen and oxygen atoms in total. The molecule has 1 aromatic carbocycles. The van der Waals surface area contributed by atoms with E-state index in [9.17, 15) is 9.59 Å². The number of para-hydroxylation sites is 1. The molecule has 2 aliphatic rings. The van der Waals surface area contributed by atoms with Crippen LogP contribution in [0, 0.1) is 11.8 Å². The van der Waals surface area contributed by atoms with Gasteiger partial charge in [0.1, 0.15) is 0 Å². The first-order chi connectivity index (χ1) is 11.2. The molecule has 0 radical (unpaired) electrons. The Morgan fingerprint density at radius 2 is 1.70 bits per heavy atom. The molecule has 1 aliphatic carbocycles. The van der Waals surface area contributed by atoms with E-state index in [0.29, 0.717) is 6.54 Å². The van der Waals surface area contributed by atoms with Crippen LogP contribution in [0.2, 0.25) is 0 Å². The Labute approximate surface area is 138 Å². The van der Waals surface area contributed by atoms with Crippen LogP contribution in [0.1, 0.15) is 39.0 Å². The zero-order chi connectivity index (χ0) is 16.2. The molecule has 2 amide bonds. The minimum Gasteiger partial charge on any atom is -0.342 e. The SMILES string of the molecule is CCN(C(=O)C1CC1C(=O)N1CCCCCC1)c1ccccc1. The molecule has 1 heterocycles. The van der Waals surface area contributed by atoms with Gasteiger partial charge in [-0.25, -0.2) is 0 Å². The molecule has 2 fully saturated rings. The molecular formula is C19H26N2O2. The van der Waals surface area contributed by atoms with E-state index in [2.05, 4.69) is 0 Å². The highest BCUT2D eigenvalue weighted by Crippen LogP contribution is 2.42. The lowest BCUT2D eigenvalue weighted by Crippen LogP contribution is -2.36. The third-order valence-corrected chi connectivity index (χ3v) is 4.99. The van der Waals surface area contributed by atoms with E-state index in [1.54, 1.807) is 4.90 Å². The van der Waals surface area contributed by atoms with Gasteiger partial charge in [-0.1, -0.05) is 31.0 Å². The summed E-state index contributed by atoms with van der Waals surface area (Å²) in [6, 6.07) is 9.74. The van der Waals surface area contributed by atoms with E-state index in [0.717, 1.165) is 38.0 Å². The topological polar surface area (TPSA) is 40.6 Å². The van der Waals surface area contributed by atoms with Crippen LogP contribution < -0.4 is 4.90 Å². The lowest BCUT2D eigenvalue weighted by Gasteiger charge is -2.23. The van der Waals surface area contributed by atoms with Crippen molar-refractivity contribution in [1.29, 1.82) is 0 Å². The first kappa shape index (κ1) is 16.0. The smallest absolute Gasteiger partial charge is 0.230 e. The van der Waals surface area contributed by atoms with Crippen molar-refractivity contribution in [3.63, 3.8) is 0 Å². The van der Waals surface area contributed by atoms with Gasteiger partial charge >= 0.3 is 0 Å². The summed E-state index contributed by atoms with van der Waals surface area (Å²) in [5.41, 5.74) is 0.924. The van der Waals surface area contributed by atoms with Crippen molar-refractivity contribution in [3.05, 3.63) is 30.3 Å². The van der Waals surface area contributed by atoms with Crippen LogP contribution in [-0.2, 0) is 9.59 Å². The van der Waals surface area contributed by atoms with E-state index in [4.69, 9.17) is 0 Å². The quantitative estimate of drug-likeness (QED) is 0.857. The number of amides is 2. The number of carbonyl (C=O) groups excluding carboxylic acids is 2. The largest absolute Gasteiger partial charge is 0.342 e. The second-order valence-electron chi connectivity index (χ2n) is 6.61. The van der Waals surface area contributed by atoms with Gasteiger partial charge in [0.15, 0.2) is 0 Å². The lowest BCUT2D eigenvalue weighted by molar-refractivity contribution is -0.134. The number of carbonyl (C=O) groups is 2. The van der Waals surface area contributed by atoms with Crippen molar-refractivity contribution in [1.82, 2.24) is 4.90 Å². The molecule has 23 heavy (non-hydrogen) atoms. The van der Waals surface area contributed by atoms with Gasteiger partial charge in [-0.2, -0.15) is 0 Å². The number of hydrogen-bond acceptors (Lipinski definition) is 2. The fourth-order valence-corrected chi connectivity index (χ4v) is 3.54. The second-order valence-corrected chi connectivity index (χ2v) is 6.61. The maximum absolute atomic E-state index is 12.8. The molecule has 0 aromatic heterocycles. The summed E-state index contributed by atoms with van der Waals surface area (Å²) in [4.78, 5) is 29.2. The summed E-state index contributed by atoms with van der Waals surface area (Å²) in [6.45, 7) is 4.36. The molecule has 0 N–H and O–H groups in total. The van der Waals surface area contributed by atoms with E-state index >= 15 is 0 Å². The van der Waals surface area contributed by atoms with Gasteiger partial charge in [0.25, 0.3) is 0 Å². The molecule has 4 heteroatoms. The monoisotopic (exact) mass is 314 g/mol. The van der Waals surface area contributed by atoms with E-state index < -0.39 is 0 Å². The highest BCUT2D eigenvalue weighted by molar-refractivity contribution is 6.01. The van der Waals surface area contributed by atoms with Gasteiger partial charge in [-0.3, -0.25) is 9.59 Å². The number of nitrogens with zero attached hydrogens (tertiary/aromatic N) is 2. The Balaban J connectivity index is 1.62. The zero-order valence-electron chi connectivity index (χ0n) is 13.9. The van der Waals surface area contributed by atoms with E-state index in [1.165, 1.54) is 12.8 Å². The molecule has 124 valence electrons. The molecule has 0 spiro atoms. The van der Waals surface area contributed by atoms with Gasteiger partial charge in [-0.15, -0.1) is 0 Å². The van der Waals surface area contributed by atoms with Crippen LogP contribution in [0.5, 0.6) is 0 Å². The van der Waals surface area contributed by atoms with Crippen LogP contribution in [0.25, 0.3) is 0 Å². The predicted molar refractivity (Wildman–Crippen MR) is 91.1 cm³/mol. The number of rotatable bonds is 4. The Kier molecular flexibility index (Phi) is 4.99. The predicted octanol–water partition coefficient (Wildman–Crippen LogP) is 3.08. The van der Waals surface area contributed by atoms with Gasteiger partial charge < -0.3 is 9.80 Å². The standard InChI is InChI=1S/C19H26N2O2/c1-2-21(15-10-6-5-7-11-15)19(23)17-14-16(17)18(22)20-12-8-3-4-9-13-20/h5-7,10-11,16-17H,2-4,8-9,12-14H2,1H3. The van der Waals surface area contributed by atoms with Gasteiger partial charge in [-0.05, 0) is 38.3 Å². The van der Waals surface area contributed by atoms with Crippen LogP contribution in [0.15, 0.2) is 30.3 Å². The van der Waals surface area contributed by atoms with Gasteiger partial charge in [0.05, 0.1) is 11.8 Å². The number of hydrogen-bond donors (Lipinski definition) is 0. The number of benzene rings is 1. The summed E-state index contributed by atoms with van der Waals surface area (Å²) >= 11 is 0. The van der Waals surface area contributed by atoms with Crippen LogP contribution in [-0.4, -0.2) is 36.3 Å². The lowest BCUT2D eigenvalue weighted by atomic mass is 10.2. The Bertz CT molecular complexity index is 550. The summed E-state index contributed by atoms with van der Waals surface area (Å²) in [6.07, 6.45) is 5.35. The van der Waals surface area contributed by atoms with E-state index in [-0.39, 0.29) is 23.7 Å². The van der Waals surface area contributed by atoms with Crippen molar-refractivity contribution in [2.75, 3.05) is 24.5 Å². The fourth-order valence-electron chi connectivity index (χ4n) is 3.54. The summed E-state index contributed by atoms with van der Waals surface area (Å²) < 4.78 is 0. The van der Waals surface area contributed by atoms with Crippen molar-refractivity contribution >= 4 is 17.5 Å². The highest BCUT2D eigenvalue weighted by Gasteiger charge is 2.50. The van der Waals surface area contributed by atoms with Crippen LogP contribution >= 0.6 is 0 Å². The minimum absolute atomic E-state index is 0.0848. The molecule has 0 bridgehead atoms. The third-order valence-electron chi connectivity index (χ3n) is 4.99. The maximum Gasteiger partial charge on any atom is 0.230 e. The Morgan fingerprint density at radius 3 is 2.30 bits per heavy atom. The highest BCUT2D eigenvalue weighted by atomic mass is 16.2. The van der Waals surface area contributed by atoms with Crippen molar-refractivity contribution < 1.29 is 9.59 Å². The zero-order valence-corrected chi connectivity index (χ0v) is 13.9. The molecule has 1 saturated heterocycles. The third kappa shape index (κ3) is 3.57. The van der Waals surface area contributed by atoms with Crippen molar-refractivity contribution in [2.24, 2.45) is 11.8 Å². The minimum atomic E-state index is -0.120. The fraction of sp³-hybridized carbons (Fsp3) is 0.579. The van der Waals surface area contributed by atoms with Crippen LogP contribution in [0.3, 0.4) is 0 Å². The van der Waals surface area contributed by atoms with Crippen LogP contribution in [0.4, 0.5) is 5.69 Å². The summed E-state index contributed by atoms with van der Waals surface area (Å²) in [7, 11) is 0. The first-order valence-electron chi connectivity index (χ1n) is 8.87. The Morgan fingerprint density at radius 1 is 1.04 bits per heavy atom. The van der Waals surface area contributed by atoms with Crippen molar-refractivity contribution in [2.45, 2.75) is 39.0 Å². The number of likely N-dealkylation sites (tertiary alicyclic amines) is 1. The van der Waals surface area contributed by atoms with Gasteiger partial charge in [0.2, 0.25) is 11.8 Å². The molecule has 1 aromatic rings. The van der Waals surface area contributed by atoms with E-state index in [1.807, 2.05) is 42.2 Å². The molecule has 1 saturated carbocycles. The average molecular weight is 314 g/mol. The Hall–Kier alpha value is -1.84. The summed E-state index contributed by atoms with van der Waals surface area (Å²) in [5, 5.41) is 0. The summed E-state index contributed by atoms with van der Waals surface area (Å²) in [5.74, 6) is 0.102. The van der Waals surface area contributed by atoms with Gasteiger partial charge in [0, 0.05) is 25.3 Å². The van der Waals surface area contributed by atoms with Crippen molar-refractivity contribution in [3.8, 4) is 0 Å². The molecule has 3 rings (SSSR count). The molecule has 2 atom stereocenters. The maximum atomic E-state index is 12.8. The first-order valence-corrected chi connectivity index (χ1v) is 8.87. The molecule has 2 unspecified atom stereocenters. The molecule has 1 aliphatic heterocycles. The molecular weight excluding hydrogens is 288 g/mol. The second kappa shape index (κ2) is 7.16.